The molecular weight excluding hydrogens is 226 g/mol. The summed E-state index contributed by atoms with van der Waals surface area (Å²) in [6.07, 6.45) is 2.41. The molecule has 0 spiro atoms. The predicted molar refractivity (Wildman–Crippen MR) is 75.6 cm³/mol. The maximum Gasteiger partial charge on any atom is 0.237 e. The second kappa shape index (κ2) is 6.53. The molecule has 0 aromatic heterocycles. The molecule has 4 heteroatoms. The minimum Gasteiger partial charge on any atom is -0.353 e. The maximum atomic E-state index is 11.8. The van der Waals surface area contributed by atoms with Crippen molar-refractivity contribution in [2.75, 3.05) is 26.7 Å². The van der Waals surface area contributed by atoms with E-state index in [4.69, 9.17) is 0 Å². The minimum absolute atomic E-state index is 0.0986. The number of rotatable bonds is 5. The molecule has 1 atom stereocenters. The Labute approximate surface area is 111 Å². The smallest absolute Gasteiger partial charge is 0.237 e. The Balaban J connectivity index is 2.33. The van der Waals surface area contributed by atoms with E-state index < -0.39 is 0 Å². The maximum absolute atomic E-state index is 11.8. The standard InChI is InChI=1S/C14H29N3O/c1-11(2)16-13(18)12(3)15-10-14(4)6-8-17(5)9-7-14/h11-12,15H,6-10H2,1-5H3,(H,16,18). The largest absolute Gasteiger partial charge is 0.353 e. The van der Waals surface area contributed by atoms with Crippen LogP contribution < -0.4 is 10.6 Å². The van der Waals surface area contributed by atoms with Crippen molar-refractivity contribution < 1.29 is 4.79 Å². The summed E-state index contributed by atoms with van der Waals surface area (Å²) in [6.45, 7) is 11.5. The molecule has 0 aromatic carbocycles. The van der Waals surface area contributed by atoms with Gasteiger partial charge in [0.1, 0.15) is 0 Å². The first-order valence-corrected chi connectivity index (χ1v) is 7.05. The van der Waals surface area contributed by atoms with Crippen LogP contribution in [0.4, 0.5) is 0 Å². The first-order chi connectivity index (χ1) is 8.32. The van der Waals surface area contributed by atoms with Gasteiger partial charge < -0.3 is 15.5 Å². The lowest BCUT2D eigenvalue weighted by molar-refractivity contribution is -0.123. The zero-order valence-corrected chi connectivity index (χ0v) is 12.5. The summed E-state index contributed by atoms with van der Waals surface area (Å²) in [4.78, 5) is 14.2. The Hall–Kier alpha value is -0.610. The van der Waals surface area contributed by atoms with E-state index in [1.807, 2.05) is 20.8 Å². The van der Waals surface area contributed by atoms with Crippen molar-refractivity contribution >= 4 is 5.91 Å². The highest BCUT2D eigenvalue weighted by Crippen LogP contribution is 2.29. The summed E-state index contributed by atoms with van der Waals surface area (Å²) >= 11 is 0. The van der Waals surface area contributed by atoms with E-state index in [-0.39, 0.29) is 18.0 Å². The number of nitrogens with one attached hydrogen (secondary N) is 2. The van der Waals surface area contributed by atoms with Gasteiger partial charge >= 0.3 is 0 Å². The number of amides is 1. The second-order valence-corrected chi connectivity index (χ2v) is 6.38. The summed E-state index contributed by atoms with van der Waals surface area (Å²) in [5.74, 6) is 0.0986. The van der Waals surface area contributed by atoms with E-state index in [0.29, 0.717) is 5.41 Å². The Morgan fingerprint density at radius 3 is 2.33 bits per heavy atom. The lowest BCUT2D eigenvalue weighted by Gasteiger charge is -2.38. The van der Waals surface area contributed by atoms with E-state index in [2.05, 4.69) is 29.5 Å². The van der Waals surface area contributed by atoms with E-state index in [1.54, 1.807) is 0 Å². The third-order valence-corrected chi connectivity index (χ3v) is 3.85. The Kier molecular flexibility index (Phi) is 5.60. The van der Waals surface area contributed by atoms with E-state index in [1.165, 1.54) is 12.8 Å². The molecule has 0 aliphatic carbocycles. The molecule has 0 radical (unpaired) electrons. The van der Waals surface area contributed by atoms with E-state index >= 15 is 0 Å². The van der Waals surface area contributed by atoms with Crippen LogP contribution in [0.1, 0.15) is 40.5 Å². The van der Waals surface area contributed by atoms with Crippen LogP contribution in [0.15, 0.2) is 0 Å². The summed E-state index contributed by atoms with van der Waals surface area (Å²) in [5, 5.41) is 6.32. The zero-order chi connectivity index (χ0) is 13.8. The molecule has 1 saturated heterocycles. The molecule has 1 heterocycles. The van der Waals surface area contributed by atoms with Crippen molar-refractivity contribution in [2.24, 2.45) is 5.41 Å². The highest BCUT2D eigenvalue weighted by molar-refractivity contribution is 5.81. The van der Waals surface area contributed by atoms with Crippen molar-refractivity contribution in [1.82, 2.24) is 15.5 Å². The quantitative estimate of drug-likeness (QED) is 0.776. The number of piperidine rings is 1. The van der Waals surface area contributed by atoms with Crippen LogP contribution in [0.2, 0.25) is 0 Å². The number of carbonyl (C=O) groups is 1. The van der Waals surface area contributed by atoms with Gasteiger partial charge in [-0.3, -0.25) is 4.79 Å². The van der Waals surface area contributed by atoms with Crippen molar-refractivity contribution in [2.45, 2.75) is 52.6 Å². The Bertz CT molecular complexity index is 270. The monoisotopic (exact) mass is 255 g/mol. The fourth-order valence-corrected chi connectivity index (χ4v) is 2.24. The number of likely N-dealkylation sites (tertiary alicyclic amines) is 1. The van der Waals surface area contributed by atoms with Gasteiger partial charge in [0.25, 0.3) is 0 Å². The van der Waals surface area contributed by atoms with Gasteiger partial charge in [0.2, 0.25) is 5.91 Å². The van der Waals surface area contributed by atoms with Crippen LogP contribution >= 0.6 is 0 Å². The van der Waals surface area contributed by atoms with Gasteiger partial charge in [0.15, 0.2) is 0 Å². The van der Waals surface area contributed by atoms with Crippen LogP contribution in [0.5, 0.6) is 0 Å². The number of hydrogen-bond donors (Lipinski definition) is 2. The van der Waals surface area contributed by atoms with Crippen molar-refractivity contribution in [3.8, 4) is 0 Å². The highest BCUT2D eigenvalue weighted by atomic mass is 16.2. The molecular formula is C14H29N3O. The lowest BCUT2D eigenvalue weighted by Crippen LogP contribution is -2.49. The fourth-order valence-electron chi connectivity index (χ4n) is 2.24. The van der Waals surface area contributed by atoms with Crippen LogP contribution in [0, 0.1) is 5.41 Å². The summed E-state index contributed by atoms with van der Waals surface area (Å²) in [5.41, 5.74) is 0.332. The van der Waals surface area contributed by atoms with Crippen molar-refractivity contribution in [3.05, 3.63) is 0 Å². The van der Waals surface area contributed by atoms with E-state index in [9.17, 15) is 4.79 Å². The normalized spacial score (nSPS) is 21.9. The molecule has 1 rings (SSSR count). The molecule has 106 valence electrons. The number of hydrogen-bond acceptors (Lipinski definition) is 3. The Morgan fingerprint density at radius 1 is 1.28 bits per heavy atom. The molecule has 0 bridgehead atoms. The Morgan fingerprint density at radius 2 is 1.83 bits per heavy atom. The van der Waals surface area contributed by atoms with Gasteiger partial charge in [-0.1, -0.05) is 6.92 Å². The first-order valence-electron chi connectivity index (χ1n) is 7.05. The minimum atomic E-state index is -0.108. The average Bonchev–Trinajstić information content (AvgIpc) is 2.29. The van der Waals surface area contributed by atoms with Gasteiger partial charge in [0.05, 0.1) is 6.04 Å². The lowest BCUT2D eigenvalue weighted by atomic mass is 9.80. The van der Waals surface area contributed by atoms with Crippen molar-refractivity contribution in [1.29, 1.82) is 0 Å². The molecule has 1 aliphatic heterocycles. The topological polar surface area (TPSA) is 44.4 Å². The summed E-state index contributed by atoms with van der Waals surface area (Å²) < 4.78 is 0. The van der Waals surface area contributed by atoms with Gasteiger partial charge in [-0.15, -0.1) is 0 Å². The SMILES string of the molecule is CC(C)NC(=O)C(C)NCC1(C)CCN(C)CC1. The predicted octanol–water partition coefficient (Wildman–Crippen LogP) is 1.22. The van der Waals surface area contributed by atoms with Crippen LogP contribution in [0.25, 0.3) is 0 Å². The summed E-state index contributed by atoms with van der Waals surface area (Å²) in [6, 6.07) is 0.101. The molecule has 0 aromatic rings. The van der Waals surface area contributed by atoms with Gasteiger partial charge in [0, 0.05) is 12.6 Å². The van der Waals surface area contributed by atoms with Crippen LogP contribution in [-0.4, -0.2) is 49.6 Å². The summed E-state index contributed by atoms with van der Waals surface area (Å²) in [7, 11) is 2.17. The van der Waals surface area contributed by atoms with Gasteiger partial charge in [-0.25, -0.2) is 0 Å². The molecule has 18 heavy (non-hydrogen) atoms. The van der Waals surface area contributed by atoms with Crippen molar-refractivity contribution in [3.63, 3.8) is 0 Å². The molecule has 1 aliphatic rings. The molecule has 4 nitrogen and oxygen atoms in total. The zero-order valence-electron chi connectivity index (χ0n) is 12.5. The molecule has 0 saturated carbocycles. The third-order valence-electron chi connectivity index (χ3n) is 3.85. The molecule has 1 unspecified atom stereocenters. The van der Waals surface area contributed by atoms with E-state index in [0.717, 1.165) is 19.6 Å². The molecule has 1 amide bonds. The third kappa shape index (κ3) is 4.94. The van der Waals surface area contributed by atoms with Gasteiger partial charge in [-0.05, 0) is 59.2 Å². The fraction of sp³-hybridized carbons (Fsp3) is 0.929. The second-order valence-electron chi connectivity index (χ2n) is 6.38. The highest BCUT2D eigenvalue weighted by Gasteiger charge is 2.29. The average molecular weight is 255 g/mol. The van der Waals surface area contributed by atoms with Gasteiger partial charge in [-0.2, -0.15) is 0 Å². The first kappa shape index (κ1) is 15.4. The molecule has 2 N–H and O–H groups in total. The van der Waals surface area contributed by atoms with Crippen LogP contribution in [-0.2, 0) is 4.79 Å². The number of nitrogens with zero attached hydrogens (tertiary/aromatic N) is 1. The number of carbonyl (C=O) groups excluding carboxylic acids is 1. The molecule has 1 fully saturated rings. The van der Waals surface area contributed by atoms with Crippen LogP contribution in [0.3, 0.4) is 0 Å².